The molecule has 0 saturated heterocycles. The number of ether oxygens (including phenoxy) is 1. The molecule has 1 saturated carbocycles. The van der Waals surface area contributed by atoms with E-state index in [4.69, 9.17) is 14.3 Å². The van der Waals surface area contributed by atoms with E-state index in [2.05, 4.69) is 5.16 Å². The van der Waals surface area contributed by atoms with Crippen LogP contribution in [-0.2, 0) is 17.6 Å². The highest BCUT2D eigenvalue weighted by atomic mass is 16.5. The number of aryl methyl sites for hydroxylation is 1. The van der Waals surface area contributed by atoms with Gasteiger partial charge in [0, 0.05) is 32.1 Å². The fourth-order valence-electron chi connectivity index (χ4n) is 5.51. The number of rotatable bonds is 6. The average Bonchev–Trinajstić information content (AvgIpc) is 3.31. The highest BCUT2D eigenvalue weighted by molar-refractivity contribution is 6.25. The third-order valence-corrected chi connectivity index (χ3v) is 7.33. The fourth-order valence-corrected chi connectivity index (χ4v) is 5.51. The van der Waals surface area contributed by atoms with Crippen LogP contribution in [0.25, 0.3) is 0 Å². The number of allylic oxidation sites excluding steroid dienone is 2. The van der Waals surface area contributed by atoms with Crippen molar-refractivity contribution >= 4 is 23.0 Å². The van der Waals surface area contributed by atoms with Crippen LogP contribution in [0.4, 0.5) is 5.69 Å². The maximum Gasteiger partial charge on any atom is 0.168 e. The smallest absolute Gasteiger partial charge is 0.168 e. The highest BCUT2D eigenvalue weighted by Crippen LogP contribution is 2.39. The maximum absolute atomic E-state index is 13.2. The number of ketones is 2. The minimum absolute atomic E-state index is 0.00240. The van der Waals surface area contributed by atoms with Crippen molar-refractivity contribution in [3.8, 4) is 5.75 Å². The molecular weight excluding hydrogens is 480 g/mol. The summed E-state index contributed by atoms with van der Waals surface area (Å²) in [6.45, 7) is 4.04. The Morgan fingerprint density at radius 3 is 2.55 bits per heavy atom. The lowest BCUT2D eigenvalue weighted by Gasteiger charge is -2.31. The SMILES string of the molecule is COc1ccccc1N=C1CC(C)(C)CC(=O)C1=C(O)CCc1noc2c1C(=O)CC(c1ccccc1)C2. The molecule has 1 aromatic heterocycles. The van der Waals surface area contributed by atoms with Crippen molar-refractivity contribution in [2.24, 2.45) is 10.4 Å². The molecule has 5 rings (SSSR count). The first-order chi connectivity index (χ1) is 18.3. The minimum atomic E-state index is -0.283. The van der Waals surface area contributed by atoms with E-state index in [-0.39, 0.29) is 47.1 Å². The van der Waals surface area contributed by atoms with Gasteiger partial charge in [-0.1, -0.05) is 61.5 Å². The Hall–Kier alpha value is -4.00. The van der Waals surface area contributed by atoms with E-state index in [0.29, 0.717) is 59.8 Å². The molecule has 2 aliphatic carbocycles. The molecule has 38 heavy (non-hydrogen) atoms. The van der Waals surface area contributed by atoms with Crippen molar-refractivity contribution in [2.45, 2.75) is 58.3 Å². The van der Waals surface area contributed by atoms with E-state index in [1.165, 1.54) is 0 Å². The van der Waals surface area contributed by atoms with Crippen molar-refractivity contribution in [1.29, 1.82) is 0 Å². The Morgan fingerprint density at radius 1 is 1.05 bits per heavy atom. The van der Waals surface area contributed by atoms with Crippen molar-refractivity contribution in [2.75, 3.05) is 7.11 Å². The van der Waals surface area contributed by atoms with Crippen LogP contribution in [0.1, 0.15) is 72.8 Å². The van der Waals surface area contributed by atoms with Crippen LogP contribution in [0.5, 0.6) is 5.75 Å². The normalized spacial score (nSPS) is 21.3. The number of carbonyl (C=O) groups excluding carboxylic acids is 2. The van der Waals surface area contributed by atoms with E-state index in [9.17, 15) is 14.7 Å². The summed E-state index contributed by atoms with van der Waals surface area (Å²) in [5.74, 6) is 1.06. The second-order valence-corrected chi connectivity index (χ2v) is 10.9. The van der Waals surface area contributed by atoms with Crippen molar-refractivity contribution in [3.05, 3.63) is 88.5 Å². The molecule has 1 fully saturated rings. The molecule has 1 atom stereocenters. The van der Waals surface area contributed by atoms with Gasteiger partial charge in [0.2, 0.25) is 0 Å². The van der Waals surface area contributed by atoms with E-state index >= 15 is 0 Å². The molecule has 2 aliphatic rings. The summed E-state index contributed by atoms with van der Waals surface area (Å²) in [4.78, 5) is 31.0. The predicted octanol–water partition coefficient (Wildman–Crippen LogP) is 6.50. The molecule has 3 aromatic rings. The molecule has 2 aromatic carbocycles. The van der Waals surface area contributed by atoms with Gasteiger partial charge in [0.1, 0.15) is 23.0 Å². The Kier molecular flexibility index (Phi) is 7.02. The number of fused-ring (bicyclic) bond motifs is 1. The molecule has 7 nitrogen and oxygen atoms in total. The van der Waals surface area contributed by atoms with E-state index in [0.717, 1.165) is 5.56 Å². The molecule has 0 bridgehead atoms. The van der Waals surface area contributed by atoms with E-state index in [1.54, 1.807) is 7.11 Å². The minimum Gasteiger partial charge on any atom is -0.511 e. The van der Waals surface area contributed by atoms with Gasteiger partial charge in [-0.15, -0.1) is 0 Å². The van der Waals surface area contributed by atoms with Crippen molar-refractivity contribution < 1.29 is 24.0 Å². The number of para-hydroxylation sites is 2. The summed E-state index contributed by atoms with van der Waals surface area (Å²) < 4.78 is 11.0. The number of aliphatic hydroxyl groups is 1. The quantitative estimate of drug-likeness (QED) is 0.299. The number of nitrogens with zero attached hydrogens (tertiary/aromatic N) is 2. The zero-order chi connectivity index (χ0) is 26.9. The summed E-state index contributed by atoms with van der Waals surface area (Å²) in [5, 5.41) is 15.3. The van der Waals surface area contributed by atoms with Crippen LogP contribution in [0, 0.1) is 5.41 Å². The predicted molar refractivity (Wildman–Crippen MR) is 144 cm³/mol. The van der Waals surface area contributed by atoms with Gasteiger partial charge in [0.25, 0.3) is 0 Å². The largest absolute Gasteiger partial charge is 0.511 e. The van der Waals surface area contributed by atoms with Gasteiger partial charge in [0.05, 0.1) is 29.7 Å². The zero-order valence-electron chi connectivity index (χ0n) is 22.0. The summed E-state index contributed by atoms with van der Waals surface area (Å²) in [6.07, 6.45) is 2.29. The molecular formula is C31H32N2O5. The van der Waals surface area contributed by atoms with Crippen LogP contribution in [0.2, 0.25) is 0 Å². The first-order valence-electron chi connectivity index (χ1n) is 13.0. The number of hydrogen-bond acceptors (Lipinski definition) is 7. The lowest BCUT2D eigenvalue weighted by Crippen LogP contribution is -2.32. The maximum atomic E-state index is 13.2. The number of aliphatic imine (C=N–C) groups is 1. The number of aromatic nitrogens is 1. The summed E-state index contributed by atoms with van der Waals surface area (Å²) >= 11 is 0. The molecule has 0 amide bonds. The van der Waals surface area contributed by atoms with Crippen molar-refractivity contribution in [3.63, 3.8) is 0 Å². The van der Waals surface area contributed by atoms with Crippen LogP contribution < -0.4 is 4.74 Å². The van der Waals surface area contributed by atoms with Crippen LogP contribution in [0.3, 0.4) is 0 Å². The van der Waals surface area contributed by atoms with Gasteiger partial charge < -0.3 is 14.4 Å². The van der Waals surface area contributed by atoms with Gasteiger partial charge in [-0.2, -0.15) is 0 Å². The summed E-state index contributed by atoms with van der Waals surface area (Å²) in [7, 11) is 1.57. The number of benzene rings is 2. The Balaban J connectivity index is 1.41. The van der Waals surface area contributed by atoms with Gasteiger partial charge >= 0.3 is 0 Å². The van der Waals surface area contributed by atoms with Gasteiger partial charge in [0.15, 0.2) is 11.6 Å². The first-order valence-corrected chi connectivity index (χ1v) is 13.0. The second kappa shape index (κ2) is 10.4. The molecule has 196 valence electrons. The molecule has 1 unspecified atom stereocenters. The van der Waals surface area contributed by atoms with Crippen molar-refractivity contribution in [1.82, 2.24) is 5.16 Å². The Morgan fingerprint density at radius 2 is 1.79 bits per heavy atom. The Bertz CT molecular complexity index is 1430. The van der Waals surface area contributed by atoms with Crippen LogP contribution in [0.15, 0.2) is 75.4 Å². The van der Waals surface area contributed by atoms with E-state index < -0.39 is 0 Å². The highest BCUT2D eigenvalue weighted by Gasteiger charge is 2.37. The molecule has 0 aliphatic heterocycles. The lowest BCUT2D eigenvalue weighted by atomic mass is 9.73. The van der Waals surface area contributed by atoms with E-state index in [1.807, 2.05) is 68.4 Å². The topological polar surface area (TPSA) is 102 Å². The third-order valence-electron chi connectivity index (χ3n) is 7.33. The molecule has 0 radical (unpaired) electrons. The lowest BCUT2D eigenvalue weighted by molar-refractivity contribution is -0.117. The number of hydrogen-bond donors (Lipinski definition) is 1. The number of methoxy groups -OCH3 is 1. The zero-order valence-corrected chi connectivity index (χ0v) is 22.0. The standard InChI is InChI=1S/C31H32N2O5/c1-31(2)17-23(32-21-11-7-8-12-27(21)37-3)29(26(36)18-31)24(34)14-13-22-30-25(35)15-20(16-28(30)38-33-22)19-9-5-4-6-10-19/h4-12,20,34H,13-18H2,1-3H3. The Labute approximate surface area is 222 Å². The number of Topliss-reactive ketones (excluding diaryl/α,β-unsaturated/α-hetero) is 2. The summed E-state index contributed by atoms with van der Waals surface area (Å²) in [6, 6.07) is 17.3. The van der Waals surface area contributed by atoms with Gasteiger partial charge in [-0.25, -0.2) is 4.99 Å². The monoisotopic (exact) mass is 512 g/mol. The average molecular weight is 513 g/mol. The van der Waals surface area contributed by atoms with Gasteiger partial charge in [-0.3, -0.25) is 9.59 Å². The van der Waals surface area contributed by atoms with Crippen LogP contribution in [-0.4, -0.2) is 34.7 Å². The second-order valence-electron chi connectivity index (χ2n) is 10.9. The van der Waals surface area contributed by atoms with Crippen LogP contribution >= 0.6 is 0 Å². The molecule has 7 heteroatoms. The summed E-state index contributed by atoms with van der Waals surface area (Å²) in [5.41, 5.74) is 3.26. The first kappa shape index (κ1) is 25.6. The number of carbonyl (C=O) groups is 2. The molecule has 1 N–H and O–H groups in total. The third kappa shape index (κ3) is 5.19. The fraction of sp³-hybridized carbons (Fsp3) is 0.355. The molecule has 0 spiro atoms. The number of aliphatic hydroxyl groups excluding tert-OH is 1. The molecule has 1 heterocycles. The van der Waals surface area contributed by atoms with Gasteiger partial charge in [-0.05, 0) is 35.4 Å².